The van der Waals surface area contributed by atoms with Crippen LogP contribution in [0, 0.1) is 5.92 Å². The van der Waals surface area contributed by atoms with Crippen molar-refractivity contribution >= 4 is 0 Å². The molecule has 2 aliphatic rings. The normalized spacial score (nSPS) is 43.5. The van der Waals surface area contributed by atoms with Crippen molar-refractivity contribution < 1.29 is 9.50 Å². The lowest BCUT2D eigenvalue weighted by Crippen LogP contribution is -2.39. The molecule has 0 aliphatic carbocycles. The first-order chi connectivity index (χ1) is 6.52. The second-order valence-electron chi connectivity index (χ2n) is 5.39. The van der Waals surface area contributed by atoms with E-state index in [9.17, 15) is 9.50 Å². The van der Waals surface area contributed by atoms with Crippen LogP contribution in [-0.4, -0.2) is 40.9 Å². The van der Waals surface area contributed by atoms with Crippen LogP contribution in [0.15, 0.2) is 0 Å². The van der Waals surface area contributed by atoms with Crippen molar-refractivity contribution in [3.63, 3.8) is 0 Å². The largest absolute Gasteiger partial charge is 0.392 e. The number of fused-ring (bicyclic) bond motifs is 1. The number of aliphatic hydroxyl groups is 1. The molecule has 3 heteroatoms. The van der Waals surface area contributed by atoms with Gasteiger partial charge in [0, 0.05) is 18.6 Å². The number of halogens is 1. The molecule has 0 saturated carbocycles. The minimum absolute atomic E-state index is 0.0208. The van der Waals surface area contributed by atoms with E-state index in [2.05, 4.69) is 18.7 Å². The van der Waals surface area contributed by atoms with Gasteiger partial charge in [-0.05, 0) is 25.2 Å². The number of hydrogen-bond acceptors (Lipinski definition) is 2. The zero-order valence-corrected chi connectivity index (χ0v) is 9.04. The average Bonchev–Trinajstić information content (AvgIpc) is 2.36. The fourth-order valence-electron chi connectivity index (χ4n) is 3.33. The fraction of sp³-hybridized carbons (Fsp3) is 1.00. The van der Waals surface area contributed by atoms with E-state index in [4.69, 9.17) is 0 Å². The predicted octanol–water partition coefficient (Wildman–Crippen LogP) is 1.58. The number of rotatable bonds is 2. The van der Waals surface area contributed by atoms with Gasteiger partial charge in [0.25, 0.3) is 0 Å². The van der Waals surface area contributed by atoms with Crippen molar-refractivity contribution in [1.82, 2.24) is 4.90 Å². The molecule has 82 valence electrons. The van der Waals surface area contributed by atoms with Crippen LogP contribution < -0.4 is 0 Å². The van der Waals surface area contributed by atoms with Gasteiger partial charge in [-0.3, -0.25) is 4.90 Å². The Morgan fingerprint density at radius 1 is 1.43 bits per heavy atom. The van der Waals surface area contributed by atoms with Crippen LogP contribution in [0.3, 0.4) is 0 Å². The molecular formula is C11H20FNO. The number of hydrogen-bond donors (Lipinski definition) is 1. The highest BCUT2D eigenvalue weighted by atomic mass is 19.1. The van der Waals surface area contributed by atoms with Crippen molar-refractivity contribution in [2.45, 2.75) is 50.9 Å². The Morgan fingerprint density at radius 2 is 2.14 bits per heavy atom. The molecule has 0 amide bonds. The summed E-state index contributed by atoms with van der Waals surface area (Å²) in [5.41, 5.74) is -0.0208. The summed E-state index contributed by atoms with van der Waals surface area (Å²) >= 11 is 0. The van der Waals surface area contributed by atoms with Gasteiger partial charge in [-0.1, -0.05) is 13.8 Å². The van der Waals surface area contributed by atoms with Gasteiger partial charge in [0.15, 0.2) is 0 Å². The van der Waals surface area contributed by atoms with Crippen LogP contribution in [-0.2, 0) is 0 Å². The summed E-state index contributed by atoms with van der Waals surface area (Å²) in [6, 6.07) is 0. The summed E-state index contributed by atoms with van der Waals surface area (Å²) < 4.78 is 13.3. The average molecular weight is 201 g/mol. The topological polar surface area (TPSA) is 23.5 Å². The van der Waals surface area contributed by atoms with E-state index in [1.54, 1.807) is 0 Å². The van der Waals surface area contributed by atoms with E-state index >= 15 is 0 Å². The Bertz CT molecular complexity index is 205. The molecule has 0 bridgehead atoms. The first-order valence-corrected chi connectivity index (χ1v) is 5.59. The first kappa shape index (κ1) is 10.4. The molecule has 0 radical (unpaired) electrons. The molecule has 0 aromatic heterocycles. The maximum Gasteiger partial charge on any atom is 0.115 e. The van der Waals surface area contributed by atoms with Gasteiger partial charge in [0.1, 0.15) is 6.17 Å². The lowest BCUT2D eigenvalue weighted by atomic mass is 9.84. The van der Waals surface area contributed by atoms with Gasteiger partial charge in [0.05, 0.1) is 6.10 Å². The van der Waals surface area contributed by atoms with Crippen molar-refractivity contribution in [1.29, 1.82) is 0 Å². The molecule has 14 heavy (non-hydrogen) atoms. The Labute approximate surface area is 85.1 Å². The smallest absolute Gasteiger partial charge is 0.115 e. The third-order valence-electron chi connectivity index (χ3n) is 3.53. The van der Waals surface area contributed by atoms with Crippen molar-refractivity contribution in [2.24, 2.45) is 5.92 Å². The quantitative estimate of drug-likeness (QED) is 0.733. The summed E-state index contributed by atoms with van der Waals surface area (Å²) in [6.07, 6.45) is 1.50. The molecule has 3 atom stereocenters. The zero-order valence-electron chi connectivity index (χ0n) is 9.04. The van der Waals surface area contributed by atoms with Crippen molar-refractivity contribution in [3.05, 3.63) is 0 Å². The van der Waals surface area contributed by atoms with Gasteiger partial charge < -0.3 is 5.11 Å². The molecular weight excluding hydrogens is 181 g/mol. The number of nitrogens with zero attached hydrogens (tertiary/aromatic N) is 1. The van der Waals surface area contributed by atoms with Crippen molar-refractivity contribution in [2.75, 3.05) is 13.1 Å². The van der Waals surface area contributed by atoms with E-state index in [0.29, 0.717) is 25.4 Å². The first-order valence-electron chi connectivity index (χ1n) is 5.59. The molecule has 2 nitrogen and oxygen atoms in total. The van der Waals surface area contributed by atoms with Crippen LogP contribution in [0.25, 0.3) is 0 Å². The molecule has 1 unspecified atom stereocenters. The maximum atomic E-state index is 13.3. The van der Waals surface area contributed by atoms with Crippen LogP contribution in [0.2, 0.25) is 0 Å². The van der Waals surface area contributed by atoms with Gasteiger partial charge in [0.2, 0.25) is 0 Å². The SMILES string of the molecule is CC(C)C[C@@]12CC(O)CN1C[C@H](F)C2. The number of β-amino-alcohol motifs (C(OH)–C–C–N with tert-alkyl or cyclic N) is 1. The van der Waals surface area contributed by atoms with Gasteiger partial charge in [-0.15, -0.1) is 0 Å². The zero-order chi connectivity index (χ0) is 10.3. The van der Waals surface area contributed by atoms with Gasteiger partial charge in [-0.25, -0.2) is 4.39 Å². The Balaban J connectivity index is 2.12. The Hall–Kier alpha value is -0.150. The van der Waals surface area contributed by atoms with E-state index in [1.165, 1.54) is 0 Å². The standard InChI is InChI=1S/C11H20FNO/c1-8(2)3-11-4-9(12)6-13(11)7-10(14)5-11/h8-10,14H,3-7H2,1-2H3/t9-,10?,11-/m1/s1. The highest BCUT2D eigenvalue weighted by Gasteiger charge is 2.51. The number of aliphatic hydroxyl groups excluding tert-OH is 1. The van der Waals surface area contributed by atoms with Crippen LogP contribution in [0.4, 0.5) is 4.39 Å². The molecule has 0 aromatic carbocycles. The van der Waals surface area contributed by atoms with E-state index in [1.807, 2.05) is 0 Å². The van der Waals surface area contributed by atoms with Crippen LogP contribution >= 0.6 is 0 Å². The van der Waals surface area contributed by atoms with Gasteiger partial charge in [-0.2, -0.15) is 0 Å². The van der Waals surface area contributed by atoms with Gasteiger partial charge >= 0.3 is 0 Å². The third kappa shape index (κ3) is 1.68. The summed E-state index contributed by atoms with van der Waals surface area (Å²) in [5, 5.41) is 9.64. The lowest BCUT2D eigenvalue weighted by Gasteiger charge is -2.32. The molecule has 2 aliphatic heterocycles. The second kappa shape index (κ2) is 3.46. The minimum Gasteiger partial charge on any atom is -0.392 e. The van der Waals surface area contributed by atoms with Crippen LogP contribution in [0.5, 0.6) is 0 Å². The minimum atomic E-state index is -0.679. The molecule has 2 fully saturated rings. The highest BCUT2D eigenvalue weighted by molar-refractivity contribution is 5.06. The Kier molecular flexibility index (Phi) is 2.56. The summed E-state index contributed by atoms with van der Waals surface area (Å²) in [4.78, 5) is 2.17. The highest BCUT2D eigenvalue weighted by Crippen LogP contribution is 2.44. The molecule has 2 heterocycles. The Morgan fingerprint density at radius 3 is 2.79 bits per heavy atom. The summed E-state index contributed by atoms with van der Waals surface area (Å²) in [5.74, 6) is 0.577. The third-order valence-corrected chi connectivity index (χ3v) is 3.53. The predicted molar refractivity (Wildman–Crippen MR) is 53.9 cm³/mol. The lowest BCUT2D eigenvalue weighted by molar-refractivity contribution is 0.163. The monoisotopic (exact) mass is 201 g/mol. The van der Waals surface area contributed by atoms with Crippen molar-refractivity contribution in [3.8, 4) is 0 Å². The summed E-state index contributed by atoms with van der Waals surface area (Å²) in [6.45, 7) is 5.54. The maximum absolute atomic E-state index is 13.3. The molecule has 2 rings (SSSR count). The molecule has 2 saturated heterocycles. The van der Waals surface area contributed by atoms with E-state index < -0.39 is 6.17 Å². The number of alkyl halides is 1. The second-order valence-corrected chi connectivity index (χ2v) is 5.39. The van der Waals surface area contributed by atoms with E-state index in [0.717, 1.165) is 12.8 Å². The van der Waals surface area contributed by atoms with E-state index in [-0.39, 0.29) is 11.6 Å². The molecule has 0 aromatic rings. The molecule has 0 spiro atoms. The molecule has 1 N–H and O–H groups in total. The summed E-state index contributed by atoms with van der Waals surface area (Å²) in [7, 11) is 0. The van der Waals surface area contributed by atoms with Crippen LogP contribution in [0.1, 0.15) is 33.1 Å². The fourth-order valence-corrected chi connectivity index (χ4v) is 3.33.